The van der Waals surface area contributed by atoms with E-state index in [1.165, 1.54) is 19.3 Å². The molecule has 162 valence electrons. The number of carbonyl (C=O) groups is 1. The second-order valence-electron chi connectivity index (χ2n) is 11.3. The summed E-state index contributed by atoms with van der Waals surface area (Å²) in [5, 5.41) is 30.8. The van der Waals surface area contributed by atoms with Crippen LogP contribution in [0.4, 0.5) is 0 Å². The van der Waals surface area contributed by atoms with Crippen LogP contribution in [0, 0.1) is 46.3 Å². The van der Waals surface area contributed by atoms with Gasteiger partial charge in [-0.2, -0.15) is 0 Å². The fraction of sp³-hybridized carbons (Fsp3) is 0.958. The van der Waals surface area contributed by atoms with Gasteiger partial charge in [0.2, 0.25) is 0 Å². The molecular formula is C24H41NaO4. The van der Waals surface area contributed by atoms with Gasteiger partial charge < -0.3 is 16.7 Å². The first-order chi connectivity index (χ1) is 13.2. The number of carboxylic acids is 1. The molecule has 0 aromatic heterocycles. The standard InChI is InChI=1S/C24H40O4.Na.H/c1-14(4-9-22(27)28)18-7-8-19-17-6-5-15-12-16(25)10-11-23(15,2)20(17)13-21(26)24(18,19)3;;/h14-21,25-26H,4-13H2,1-3H3,(H,27,28);;/q;+1;-1/t14-,15-,16-,17+,18-,19+,20+,21+,23+,24-;;/m1../s1. The van der Waals surface area contributed by atoms with E-state index in [1.54, 1.807) is 0 Å². The van der Waals surface area contributed by atoms with Crippen molar-refractivity contribution < 1.29 is 51.1 Å². The molecule has 3 N–H and O–H groups in total. The van der Waals surface area contributed by atoms with E-state index in [4.69, 9.17) is 5.11 Å². The van der Waals surface area contributed by atoms with E-state index >= 15 is 0 Å². The summed E-state index contributed by atoms with van der Waals surface area (Å²) in [6.07, 6.45) is 9.26. The summed E-state index contributed by atoms with van der Waals surface area (Å²) in [5.74, 6) is 2.55. The first kappa shape index (κ1) is 24.0. The molecule has 0 bridgehead atoms. The van der Waals surface area contributed by atoms with Crippen molar-refractivity contribution in [3.05, 3.63) is 0 Å². The van der Waals surface area contributed by atoms with Crippen molar-refractivity contribution in [2.45, 2.75) is 97.2 Å². The number of fused-ring (bicyclic) bond motifs is 5. The third-order valence-electron chi connectivity index (χ3n) is 10.3. The molecule has 4 rings (SSSR count). The summed E-state index contributed by atoms with van der Waals surface area (Å²) in [5.41, 5.74) is 0.216. The maximum atomic E-state index is 11.5. The van der Waals surface area contributed by atoms with Gasteiger partial charge in [-0.05, 0) is 104 Å². The van der Waals surface area contributed by atoms with Crippen LogP contribution in [0.3, 0.4) is 0 Å². The predicted molar refractivity (Wildman–Crippen MR) is 110 cm³/mol. The molecule has 0 aromatic rings. The summed E-state index contributed by atoms with van der Waals surface area (Å²) in [6.45, 7) is 6.99. The zero-order chi connectivity index (χ0) is 20.3. The zero-order valence-corrected chi connectivity index (χ0v) is 20.9. The molecule has 4 fully saturated rings. The van der Waals surface area contributed by atoms with Crippen LogP contribution in [0.5, 0.6) is 0 Å². The number of aliphatic hydroxyl groups excluding tert-OH is 2. The molecule has 10 atom stereocenters. The van der Waals surface area contributed by atoms with Gasteiger partial charge in [-0.25, -0.2) is 0 Å². The number of carboxylic acid groups (broad SMARTS) is 1. The molecule has 0 amide bonds. The van der Waals surface area contributed by atoms with E-state index in [0.717, 1.165) is 38.5 Å². The Bertz CT molecular complexity index is 618. The van der Waals surface area contributed by atoms with Crippen LogP contribution < -0.4 is 29.6 Å². The molecule has 4 aliphatic carbocycles. The molecule has 0 saturated heterocycles. The Hall–Kier alpha value is 0.390. The average Bonchev–Trinajstić information content (AvgIpc) is 3.00. The van der Waals surface area contributed by atoms with Crippen LogP contribution in [-0.4, -0.2) is 33.5 Å². The second-order valence-corrected chi connectivity index (χ2v) is 11.3. The minimum absolute atomic E-state index is 0. The van der Waals surface area contributed by atoms with Gasteiger partial charge in [-0.15, -0.1) is 0 Å². The summed E-state index contributed by atoms with van der Waals surface area (Å²) in [7, 11) is 0. The van der Waals surface area contributed by atoms with E-state index in [-0.39, 0.29) is 60.4 Å². The van der Waals surface area contributed by atoms with Crippen LogP contribution in [0.2, 0.25) is 0 Å². The maximum absolute atomic E-state index is 11.5. The van der Waals surface area contributed by atoms with Gasteiger partial charge in [-0.3, -0.25) is 4.79 Å². The first-order valence-corrected chi connectivity index (χ1v) is 11.8. The van der Waals surface area contributed by atoms with Crippen LogP contribution in [0.1, 0.15) is 86.4 Å². The molecule has 0 radical (unpaired) electrons. The van der Waals surface area contributed by atoms with E-state index in [1.807, 2.05) is 0 Å². The van der Waals surface area contributed by atoms with Gasteiger partial charge >= 0.3 is 35.5 Å². The summed E-state index contributed by atoms with van der Waals surface area (Å²) < 4.78 is 0. The minimum atomic E-state index is -0.707. The molecule has 0 aromatic carbocycles. The van der Waals surface area contributed by atoms with Crippen molar-refractivity contribution in [2.24, 2.45) is 46.3 Å². The number of hydrogen-bond acceptors (Lipinski definition) is 3. The van der Waals surface area contributed by atoms with Crippen LogP contribution in [0.25, 0.3) is 0 Å². The minimum Gasteiger partial charge on any atom is -1.00 e. The van der Waals surface area contributed by atoms with Gasteiger partial charge in [0.05, 0.1) is 12.2 Å². The van der Waals surface area contributed by atoms with Crippen molar-refractivity contribution in [1.29, 1.82) is 0 Å². The Balaban J connectivity index is 0.00000160. The Labute approximate surface area is 200 Å². The van der Waals surface area contributed by atoms with E-state index in [0.29, 0.717) is 35.5 Å². The topological polar surface area (TPSA) is 77.8 Å². The molecular weight excluding hydrogens is 375 g/mol. The van der Waals surface area contributed by atoms with Crippen molar-refractivity contribution in [3.8, 4) is 0 Å². The first-order valence-electron chi connectivity index (χ1n) is 11.8. The monoisotopic (exact) mass is 416 g/mol. The average molecular weight is 417 g/mol. The largest absolute Gasteiger partial charge is 1.00 e. The molecule has 0 unspecified atom stereocenters. The van der Waals surface area contributed by atoms with Crippen molar-refractivity contribution in [2.75, 3.05) is 0 Å². The molecule has 29 heavy (non-hydrogen) atoms. The number of aliphatic hydroxyl groups is 2. The number of rotatable bonds is 4. The van der Waals surface area contributed by atoms with Gasteiger partial charge in [0.25, 0.3) is 0 Å². The molecule has 0 spiro atoms. The van der Waals surface area contributed by atoms with Gasteiger partial charge in [0.1, 0.15) is 0 Å². The van der Waals surface area contributed by atoms with Gasteiger partial charge in [0.15, 0.2) is 0 Å². The van der Waals surface area contributed by atoms with Crippen LogP contribution in [0.15, 0.2) is 0 Å². The summed E-state index contributed by atoms with van der Waals surface area (Å²) >= 11 is 0. The molecule has 4 saturated carbocycles. The third kappa shape index (κ3) is 3.88. The van der Waals surface area contributed by atoms with Crippen LogP contribution >= 0.6 is 0 Å². The fourth-order valence-corrected chi connectivity index (χ4v) is 8.71. The zero-order valence-electron chi connectivity index (χ0n) is 19.9. The van der Waals surface area contributed by atoms with Crippen molar-refractivity contribution in [1.82, 2.24) is 0 Å². The summed E-state index contributed by atoms with van der Waals surface area (Å²) in [6, 6.07) is 0. The quantitative estimate of drug-likeness (QED) is 0.609. The smallest absolute Gasteiger partial charge is 1.00 e. The summed E-state index contributed by atoms with van der Waals surface area (Å²) in [4.78, 5) is 11.1. The Morgan fingerprint density at radius 3 is 2.48 bits per heavy atom. The fourth-order valence-electron chi connectivity index (χ4n) is 8.71. The molecule has 4 aliphatic rings. The Kier molecular flexibility index (Phi) is 7.24. The van der Waals surface area contributed by atoms with Crippen molar-refractivity contribution in [3.63, 3.8) is 0 Å². The maximum Gasteiger partial charge on any atom is 1.00 e. The predicted octanol–water partition coefficient (Wildman–Crippen LogP) is 1.59. The Morgan fingerprint density at radius 2 is 1.79 bits per heavy atom. The van der Waals surface area contributed by atoms with E-state index in [9.17, 15) is 15.0 Å². The molecule has 0 aliphatic heterocycles. The number of hydrogen-bond donors (Lipinski definition) is 3. The van der Waals surface area contributed by atoms with Crippen LogP contribution in [-0.2, 0) is 4.79 Å². The third-order valence-corrected chi connectivity index (χ3v) is 10.3. The van der Waals surface area contributed by atoms with Gasteiger partial charge in [0, 0.05) is 6.42 Å². The molecule has 5 heteroatoms. The molecule has 4 nitrogen and oxygen atoms in total. The van der Waals surface area contributed by atoms with Crippen molar-refractivity contribution >= 4 is 5.97 Å². The number of aliphatic carboxylic acids is 1. The Morgan fingerprint density at radius 1 is 1.07 bits per heavy atom. The van der Waals surface area contributed by atoms with E-state index in [2.05, 4.69) is 20.8 Å². The van der Waals surface area contributed by atoms with Gasteiger partial charge in [-0.1, -0.05) is 20.8 Å². The normalized spacial score (nSPS) is 49.9. The molecule has 0 heterocycles. The van der Waals surface area contributed by atoms with E-state index < -0.39 is 5.97 Å². The second kappa shape index (κ2) is 8.73. The SMILES string of the molecule is C[C@H](CCC(=O)O)[C@H]1CC[C@H]2[C@@H]3CC[C@@H]4C[C@H](O)CC[C@]4(C)[C@H]3C[C@H](O)[C@]12C.[H-].[Na+].